The lowest BCUT2D eigenvalue weighted by Crippen LogP contribution is -2.49. The van der Waals surface area contributed by atoms with Crippen LogP contribution in [0.1, 0.15) is 31.9 Å². The van der Waals surface area contributed by atoms with E-state index in [0.717, 1.165) is 28.2 Å². The zero-order valence-electron chi connectivity index (χ0n) is 18.5. The van der Waals surface area contributed by atoms with Gasteiger partial charge in [0.25, 0.3) is 0 Å². The second-order valence-electron chi connectivity index (χ2n) is 8.15. The van der Waals surface area contributed by atoms with Crippen molar-refractivity contribution in [2.45, 2.75) is 45.3 Å². The summed E-state index contributed by atoms with van der Waals surface area (Å²) in [6.07, 6.45) is 0. The van der Waals surface area contributed by atoms with Crippen molar-refractivity contribution in [3.05, 3.63) is 59.7 Å². The number of hydrogen-bond acceptors (Lipinski definition) is 5. The van der Waals surface area contributed by atoms with E-state index in [4.69, 9.17) is 0 Å². The molecule has 6 nitrogen and oxygen atoms in total. The Hall–Kier alpha value is -3.11. The minimum atomic E-state index is -0.908. The van der Waals surface area contributed by atoms with Crippen molar-refractivity contribution in [2.24, 2.45) is 5.92 Å². The van der Waals surface area contributed by atoms with Gasteiger partial charge in [-0.2, -0.15) is 5.26 Å². The van der Waals surface area contributed by atoms with Gasteiger partial charge >= 0.3 is 0 Å². The van der Waals surface area contributed by atoms with Gasteiger partial charge in [-0.15, -0.1) is 10.2 Å². The Bertz CT molecular complexity index is 1110. The van der Waals surface area contributed by atoms with Gasteiger partial charge in [0.1, 0.15) is 5.54 Å². The maximum Gasteiger partial charge on any atom is 0.231 e. The molecule has 0 bridgehead atoms. The van der Waals surface area contributed by atoms with Crippen LogP contribution >= 0.6 is 11.8 Å². The number of hydrogen-bond donors (Lipinski definition) is 1. The molecule has 3 rings (SSSR count). The molecular weight excluding hydrogens is 406 g/mol. The molecule has 3 aromatic rings. The molecule has 0 saturated carbocycles. The topological polar surface area (TPSA) is 83.6 Å². The third kappa shape index (κ3) is 5.15. The van der Waals surface area contributed by atoms with Crippen LogP contribution in [0.2, 0.25) is 0 Å². The van der Waals surface area contributed by atoms with Gasteiger partial charge in [-0.05, 0) is 44.9 Å². The van der Waals surface area contributed by atoms with Gasteiger partial charge in [0.05, 0.1) is 11.8 Å². The van der Waals surface area contributed by atoms with Crippen LogP contribution in [0.5, 0.6) is 0 Å². The Morgan fingerprint density at radius 2 is 1.87 bits per heavy atom. The van der Waals surface area contributed by atoms with E-state index in [9.17, 15) is 10.1 Å². The summed E-state index contributed by atoms with van der Waals surface area (Å²) in [5.41, 5.74) is 3.27. The lowest BCUT2D eigenvalue weighted by molar-refractivity contribution is -0.120. The lowest BCUT2D eigenvalue weighted by Gasteiger charge is -2.27. The number of rotatable bonds is 7. The first-order valence-electron chi connectivity index (χ1n) is 10.2. The summed E-state index contributed by atoms with van der Waals surface area (Å²) in [4.78, 5) is 12.6. The highest BCUT2D eigenvalue weighted by Gasteiger charge is 2.30. The summed E-state index contributed by atoms with van der Waals surface area (Å²) >= 11 is 1.30. The van der Waals surface area contributed by atoms with Gasteiger partial charge < -0.3 is 5.32 Å². The molecule has 0 saturated heterocycles. The minimum absolute atomic E-state index is 0.00409. The molecule has 1 aromatic heterocycles. The molecule has 160 valence electrons. The van der Waals surface area contributed by atoms with Crippen molar-refractivity contribution in [1.82, 2.24) is 20.1 Å². The van der Waals surface area contributed by atoms with Crippen LogP contribution in [-0.2, 0) is 4.79 Å². The zero-order chi connectivity index (χ0) is 22.6. The quantitative estimate of drug-likeness (QED) is 0.546. The first-order valence-corrected chi connectivity index (χ1v) is 11.2. The number of nitriles is 1. The number of thioether (sulfide) groups is 1. The summed E-state index contributed by atoms with van der Waals surface area (Å²) in [5, 5.41) is 21.7. The number of amides is 1. The molecule has 0 aliphatic carbocycles. The third-order valence-corrected chi connectivity index (χ3v) is 6.25. The van der Waals surface area contributed by atoms with Gasteiger partial charge in [0.15, 0.2) is 11.0 Å². The van der Waals surface area contributed by atoms with Crippen LogP contribution in [0, 0.1) is 31.1 Å². The van der Waals surface area contributed by atoms with Crippen LogP contribution in [0.15, 0.2) is 53.7 Å². The van der Waals surface area contributed by atoms with E-state index >= 15 is 0 Å². The molecule has 7 heteroatoms. The number of carbonyl (C=O) groups excluding carboxylic acids is 1. The first-order chi connectivity index (χ1) is 14.7. The number of nitrogens with one attached hydrogen (secondary N) is 1. The summed E-state index contributed by atoms with van der Waals surface area (Å²) in [6.45, 7) is 9.65. The fourth-order valence-electron chi connectivity index (χ4n) is 3.02. The predicted octanol–water partition coefficient (Wildman–Crippen LogP) is 4.70. The highest BCUT2D eigenvalue weighted by atomic mass is 32.2. The van der Waals surface area contributed by atoms with Crippen LogP contribution < -0.4 is 5.32 Å². The van der Waals surface area contributed by atoms with Crippen molar-refractivity contribution >= 4 is 17.7 Å². The Morgan fingerprint density at radius 1 is 1.16 bits per heavy atom. The van der Waals surface area contributed by atoms with Crippen LogP contribution in [0.3, 0.4) is 0 Å². The molecule has 0 unspecified atom stereocenters. The number of benzene rings is 2. The summed E-state index contributed by atoms with van der Waals surface area (Å²) in [7, 11) is 0. The molecule has 0 aliphatic heterocycles. The lowest BCUT2D eigenvalue weighted by atomic mass is 9.90. The molecule has 0 radical (unpaired) electrons. The molecule has 1 atom stereocenters. The van der Waals surface area contributed by atoms with Gasteiger partial charge in [0, 0.05) is 11.3 Å². The molecular formula is C24H27N5OS. The number of carbonyl (C=O) groups is 1. The van der Waals surface area contributed by atoms with Crippen molar-refractivity contribution in [2.75, 3.05) is 5.75 Å². The molecule has 0 fully saturated rings. The van der Waals surface area contributed by atoms with E-state index in [1.165, 1.54) is 11.8 Å². The molecule has 1 heterocycles. The van der Waals surface area contributed by atoms with Crippen LogP contribution in [-0.4, -0.2) is 32.0 Å². The summed E-state index contributed by atoms with van der Waals surface area (Å²) in [6, 6.07) is 18.4. The fraction of sp³-hybridized carbons (Fsp3) is 0.333. The maximum atomic E-state index is 12.6. The normalized spacial score (nSPS) is 12.9. The molecule has 0 aliphatic rings. The fourth-order valence-corrected chi connectivity index (χ4v) is 3.77. The van der Waals surface area contributed by atoms with E-state index in [1.54, 1.807) is 6.92 Å². The predicted molar refractivity (Wildman–Crippen MR) is 124 cm³/mol. The number of aromatic nitrogens is 3. The summed E-state index contributed by atoms with van der Waals surface area (Å²) < 4.78 is 1.97. The maximum absolute atomic E-state index is 12.6. The average Bonchev–Trinajstić information content (AvgIpc) is 3.16. The SMILES string of the molecule is Cc1ccc(-n2c(SCC(=O)N[C@@](C)(C#N)C(C)C)nnc2-c2cccc(C)c2)cc1. The van der Waals surface area contributed by atoms with E-state index < -0.39 is 5.54 Å². The van der Waals surface area contributed by atoms with E-state index in [-0.39, 0.29) is 17.6 Å². The van der Waals surface area contributed by atoms with Crippen LogP contribution in [0.4, 0.5) is 0 Å². The van der Waals surface area contributed by atoms with Crippen molar-refractivity contribution in [3.8, 4) is 23.1 Å². The van der Waals surface area contributed by atoms with Gasteiger partial charge in [-0.3, -0.25) is 9.36 Å². The Balaban J connectivity index is 1.91. The Morgan fingerprint density at radius 3 is 2.48 bits per heavy atom. The highest BCUT2D eigenvalue weighted by molar-refractivity contribution is 7.99. The van der Waals surface area contributed by atoms with E-state index in [2.05, 4.69) is 27.6 Å². The smallest absolute Gasteiger partial charge is 0.231 e. The van der Waals surface area contributed by atoms with Crippen LogP contribution in [0.25, 0.3) is 17.1 Å². The molecule has 0 spiro atoms. The average molecular weight is 434 g/mol. The second-order valence-corrected chi connectivity index (χ2v) is 9.09. The van der Waals surface area contributed by atoms with E-state index in [1.807, 2.05) is 74.7 Å². The highest BCUT2D eigenvalue weighted by Crippen LogP contribution is 2.28. The van der Waals surface area contributed by atoms with Crippen molar-refractivity contribution < 1.29 is 4.79 Å². The summed E-state index contributed by atoms with van der Waals surface area (Å²) in [5.74, 6) is 0.648. The molecule has 31 heavy (non-hydrogen) atoms. The van der Waals surface area contributed by atoms with Gasteiger partial charge in [0.2, 0.25) is 5.91 Å². The van der Waals surface area contributed by atoms with Gasteiger partial charge in [-0.25, -0.2) is 0 Å². The number of aryl methyl sites for hydroxylation is 2. The standard InChI is InChI=1S/C24H27N5OS/c1-16(2)24(5,15-25)26-21(30)14-31-23-28-27-22(19-8-6-7-18(4)13-19)29(23)20-11-9-17(3)10-12-20/h6-13,16H,14H2,1-5H3,(H,26,30)/t24-/m0/s1. The minimum Gasteiger partial charge on any atom is -0.337 e. The number of nitrogens with zero attached hydrogens (tertiary/aromatic N) is 4. The Kier molecular flexibility index (Phi) is 6.81. The van der Waals surface area contributed by atoms with Gasteiger partial charge in [-0.1, -0.05) is 67.1 Å². The molecule has 2 aromatic carbocycles. The molecule has 1 N–H and O–H groups in total. The van der Waals surface area contributed by atoms with Crippen molar-refractivity contribution in [1.29, 1.82) is 5.26 Å². The first kappa shape index (κ1) is 22.6. The zero-order valence-corrected chi connectivity index (χ0v) is 19.3. The molecule has 1 amide bonds. The van der Waals surface area contributed by atoms with Crippen molar-refractivity contribution in [3.63, 3.8) is 0 Å². The third-order valence-electron chi connectivity index (χ3n) is 5.32. The largest absolute Gasteiger partial charge is 0.337 e. The van der Waals surface area contributed by atoms with E-state index in [0.29, 0.717) is 5.16 Å². The Labute approximate surface area is 187 Å². The second kappa shape index (κ2) is 9.36. The monoisotopic (exact) mass is 433 g/mol.